The molecule has 2 rings (SSSR count). The average Bonchev–Trinajstić information content (AvgIpc) is 2.32. The van der Waals surface area contributed by atoms with Gasteiger partial charge in [-0.25, -0.2) is 0 Å². The van der Waals surface area contributed by atoms with Crippen LogP contribution in [0.2, 0.25) is 0 Å². The van der Waals surface area contributed by atoms with E-state index in [0.717, 1.165) is 28.4 Å². The zero-order valence-corrected chi connectivity index (χ0v) is 11.9. The SMILES string of the molecule is COc1cc(Br)c2c(c1OC)[C@H](O)CCC2C. The van der Waals surface area contributed by atoms with Gasteiger partial charge in [-0.15, -0.1) is 0 Å². The molecule has 0 bridgehead atoms. The van der Waals surface area contributed by atoms with Crippen molar-refractivity contribution >= 4 is 15.9 Å². The predicted molar refractivity (Wildman–Crippen MR) is 69.9 cm³/mol. The molecule has 0 fully saturated rings. The Morgan fingerprint density at radius 3 is 2.53 bits per heavy atom. The van der Waals surface area contributed by atoms with Gasteiger partial charge in [0.05, 0.1) is 20.3 Å². The zero-order chi connectivity index (χ0) is 12.6. The molecule has 0 aliphatic heterocycles. The second-order valence-corrected chi connectivity index (χ2v) is 5.27. The fraction of sp³-hybridized carbons (Fsp3) is 0.538. The molecule has 3 nitrogen and oxygen atoms in total. The van der Waals surface area contributed by atoms with E-state index < -0.39 is 6.10 Å². The van der Waals surface area contributed by atoms with Gasteiger partial charge in [0.1, 0.15) is 0 Å². The van der Waals surface area contributed by atoms with Gasteiger partial charge in [-0.3, -0.25) is 0 Å². The van der Waals surface area contributed by atoms with Crippen LogP contribution in [0.3, 0.4) is 0 Å². The molecule has 17 heavy (non-hydrogen) atoms. The first-order valence-corrected chi connectivity index (χ1v) is 6.51. The molecular weight excluding hydrogens is 284 g/mol. The van der Waals surface area contributed by atoms with Crippen molar-refractivity contribution in [3.05, 3.63) is 21.7 Å². The third kappa shape index (κ3) is 2.04. The number of aliphatic hydroxyl groups excluding tert-OH is 1. The van der Waals surface area contributed by atoms with Crippen molar-refractivity contribution in [3.8, 4) is 11.5 Å². The lowest BCUT2D eigenvalue weighted by Crippen LogP contribution is -2.15. The maximum absolute atomic E-state index is 10.2. The second kappa shape index (κ2) is 4.86. The van der Waals surface area contributed by atoms with Crippen molar-refractivity contribution in [1.29, 1.82) is 0 Å². The molecule has 2 atom stereocenters. The topological polar surface area (TPSA) is 38.7 Å². The fourth-order valence-electron chi connectivity index (χ4n) is 2.53. The van der Waals surface area contributed by atoms with Crippen LogP contribution in [0.4, 0.5) is 0 Å². The van der Waals surface area contributed by atoms with Gasteiger partial charge in [-0.2, -0.15) is 0 Å². The largest absolute Gasteiger partial charge is 0.493 e. The summed E-state index contributed by atoms with van der Waals surface area (Å²) < 4.78 is 11.7. The van der Waals surface area contributed by atoms with Crippen LogP contribution in [0.25, 0.3) is 0 Å². The van der Waals surface area contributed by atoms with E-state index in [1.807, 2.05) is 6.07 Å². The molecular formula is C13H17BrO3. The minimum atomic E-state index is -0.470. The number of rotatable bonds is 2. The Kier molecular flexibility index (Phi) is 3.64. The van der Waals surface area contributed by atoms with Crippen LogP contribution in [-0.2, 0) is 0 Å². The third-order valence-electron chi connectivity index (χ3n) is 3.40. The molecule has 1 aromatic carbocycles. The monoisotopic (exact) mass is 300 g/mol. The smallest absolute Gasteiger partial charge is 0.166 e. The molecule has 0 saturated carbocycles. The summed E-state index contributed by atoms with van der Waals surface area (Å²) in [5.41, 5.74) is 2.01. The number of hydrogen-bond donors (Lipinski definition) is 1. The standard InChI is InChI=1S/C13H17BrO3/c1-7-4-5-9(15)12-11(7)8(14)6-10(16-2)13(12)17-3/h6-7,9,15H,4-5H2,1-3H3/t7?,9-/m1/s1. The second-order valence-electron chi connectivity index (χ2n) is 4.42. The summed E-state index contributed by atoms with van der Waals surface area (Å²) >= 11 is 3.56. The fourth-order valence-corrected chi connectivity index (χ4v) is 3.34. The number of benzene rings is 1. The summed E-state index contributed by atoms with van der Waals surface area (Å²) in [4.78, 5) is 0. The van der Waals surface area contributed by atoms with E-state index in [-0.39, 0.29) is 0 Å². The minimum Gasteiger partial charge on any atom is -0.493 e. The summed E-state index contributed by atoms with van der Waals surface area (Å²) in [5, 5.41) is 10.2. The summed E-state index contributed by atoms with van der Waals surface area (Å²) in [5.74, 6) is 1.73. The molecule has 0 heterocycles. The molecule has 94 valence electrons. The Morgan fingerprint density at radius 2 is 1.94 bits per heavy atom. The van der Waals surface area contributed by atoms with Crippen LogP contribution < -0.4 is 9.47 Å². The molecule has 0 radical (unpaired) electrons. The maximum atomic E-state index is 10.2. The van der Waals surface area contributed by atoms with Gasteiger partial charge >= 0.3 is 0 Å². The summed E-state index contributed by atoms with van der Waals surface area (Å²) in [7, 11) is 3.22. The normalized spacial score (nSPS) is 23.1. The van der Waals surface area contributed by atoms with E-state index in [0.29, 0.717) is 17.4 Å². The van der Waals surface area contributed by atoms with Crippen molar-refractivity contribution < 1.29 is 14.6 Å². The first-order valence-electron chi connectivity index (χ1n) is 5.72. The lowest BCUT2D eigenvalue weighted by atomic mass is 9.81. The maximum Gasteiger partial charge on any atom is 0.166 e. The van der Waals surface area contributed by atoms with Gasteiger partial charge in [0.15, 0.2) is 11.5 Å². The zero-order valence-electron chi connectivity index (χ0n) is 10.3. The van der Waals surface area contributed by atoms with Gasteiger partial charge in [0, 0.05) is 10.0 Å². The number of ether oxygens (including phenoxy) is 2. The lowest BCUT2D eigenvalue weighted by molar-refractivity contribution is 0.146. The molecule has 0 spiro atoms. The van der Waals surface area contributed by atoms with E-state index in [9.17, 15) is 5.11 Å². The minimum absolute atomic E-state index is 0.419. The van der Waals surface area contributed by atoms with Gasteiger partial charge in [0.25, 0.3) is 0 Å². The van der Waals surface area contributed by atoms with Crippen molar-refractivity contribution in [1.82, 2.24) is 0 Å². The molecule has 1 unspecified atom stereocenters. The highest BCUT2D eigenvalue weighted by atomic mass is 79.9. The Morgan fingerprint density at radius 1 is 1.24 bits per heavy atom. The quantitative estimate of drug-likeness (QED) is 0.910. The Hall–Kier alpha value is -0.740. The Balaban J connectivity index is 2.70. The van der Waals surface area contributed by atoms with Crippen molar-refractivity contribution in [2.24, 2.45) is 0 Å². The molecule has 1 N–H and O–H groups in total. The van der Waals surface area contributed by atoms with Crippen LogP contribution in [0.1, 0.15) is 42.9 Å². The number of hydrogen-bond acceptors (Lipinski definition) is 3. The van der Waals surface area contributed by atoms with Gasteiger partial charge in [-0.1, -0.05) is 22.9 Å². The number of methoxy groups -OCH3 is 2. The first kappa shape index (κ1) is 12.7. The average molecular weight is 301 g/mol. The van der Waals surface area contributed by atoms with Gasteiger partial charge < -0.3 is 14.6 Å². The highest BCUT2D eigenvalue weighted by molar-refractivity contribution is 9.10. The van der Waals surface area contributed by atoms with Crippen molar-refractivity contribution in [2.45, 2.75) is 31.8 Å². The predicted octanol–water partition coefficient (Wildman–Crippen LogP) is 3.40. The van der Waals surface area contributed by atoms with Crippen LogP contribution in [-0.4, -0.2) is 19.3 Å². The van der Waals surface area contributed by atoms with Gasteiger partial charge in [-0.05, 0) is 30.4 Å². The van der Waals surface area contributed by atoms with E-state index in [2.05, 4.69) is 22.9 Å². The van der Waals surface area contributed by atoms with Gasteiger partial charge in [0.2, 0.25) is 0 Å². The van der Waals surface area contributed by atoms with E-state index in [1.54, 1.807) is 14.2 Å². The highest BCUT2D eigenvalue weighted by Crippen LogP contribution is 2.49. The van der Waals surface area contributed by atoms with Crippen molar-refractivity contribution in [3.63, 3.8) is 0 Å². The van der Waals surface area contributed by atoms with Crippen molar-refractivity contribution in [2.75, 3.05) is 14.2 Å². The number of halogens is 1. The molecule has 1 aliphatic rings. The van der Waals surface area contributed by atoms with E-state index in [4.69, 9.17) is 9.47 Å². The molecule has 0 amide bonds. The number of fused-ring (bicyclic) bond motifs is 1. The Bertz CT molecular complexity index is 431. The highest BCUT2D eigenvalue weighted by Gasteiger charge is 2.30. The number of aliphatic hydroxyl groups is 1. The summed E-state index contributed by atoms with van der Waals surface area (Å²) in [6.45, 7) is 2.17. The van der Waals surface area contributed by atoms with Crippen LogP contribution in [0.15, 0.2) is 10.5 Å². The Labute approximate surface area is 110 Å². The molecule has 0 saturated heterocycles. The first-order chi connectivity index (χ1) is 8.10. The van der Waals surface area contributed by atoms with E-state index >= 15 is 0 Å². The molecule has 0 aromatic heterocycles. The van der Waals surface area contributed by atoms with Crippen LogP contribution >= 0.6 is 15.9 Å². The molecule has 1 aliphatic carbocycles. The summed E-state index contributed by atoms with van der Waals surface area (Å²) in [6.07, 6.45) is 1.29. The lowest BCUT2D eigenvalue weighted by Gasteiger charge is -2.30. The molecule has 1 aromatic rings. The van der Waals surface area contributed by atoms with Crippen LogP contribution in [0.5, 0.6) is 11.5 Å². The molecule has 4 heteroatoms. The van der Waals surface area contributed by atoms with Crippen LogP contribution in [0, 0.1) is 0 Å². The summed E-state index contributed by atoms with van der Waals surface area (Å²) in [6, 6.07) is 1.91. The van der Waals surface area contributed by atoms with E-state index in [1.165, 1.54) is 0 Å². The third-order valence-corrected chi connectivity index (χ3v) is 4.05.